The number of rotatable bonds is 5. The van der Waals surface area contributed by atoms with Gasteiger partial charge in [-0.2, -0.15) is 13.2 Å². The molecule has 2 aromatic heterocycles. The van der Waals surface area contributed by atoms with E-state index in [1.54, 1.807) is 0 Å². The molecule has 1 saturated heterocycles. The van der Waals surface area contributed by atoms with Gasteiger partial charge in [0.05, 0.1) is 12.7 Å². The Morgan fingerprint density at radius 2 is 1.91 bits per heavy atom. The Morgan fingerprint density at radius 3 is 2.50 bits per heavy atom. The Morgan fingerprint density at radius 1 is 1.19 bits per heavy atom. The maximum absolute atomic E-state index is 14.5. The Kier molecular flexibility index (Phi) is 5.40. The minimum Gasteiger partial charge on any atom is -0.497 e. The fourth-order valence-corrected chi connectivity index (χ4v) is 3.31. The number of halogens is 5. The van der Waals surface area contributed by atoms with Crippen LogP contribution in [0.2, 0.25) is 0 Å². The molecule has 3 aromatic rings. The third-order valence-corrected chi connectivity index (χ3v) is 4.84. The van der Waals surface area contributed by atoms with Gasteiger partial charge in [0.25, 0.3) is 5.89 Å². The van der Waals surface area contributed by atoms with Crippen LogP contribution in [-0.4, -0.2) is 40.8 Å². The lowest BCUT2D eigenvalue weighted by Gasteiger charge is -2.19. The molecule has 0 radical (unpaired) electrons. The number of aromatic nitrogens is 3. The summed E-state index contributed by atoms with van der Waals surface area (Å²) in [5.41, 5.74) is -1.31. The van der Waals surface area contributed by atoms with Gasteiger partial charge in [-0.05, 0) is 12.1 Å². The maximum atomic E-state index is 14.5. The predicted octanol–water partition coefficient (Wildman–Crippen LogP) is 3.13. The van der Waals surface area contributed by atoms with Gasteiger partial charge >= 0.3 is 12.2 Å². The van der Waals surface area contributed by atoms with Crippen molar-refractivity contribution in [1.82, 2.24) is 20.5 Å². The molecule has 168 valence electrons. The number of methoxy groups -OCH3 is 1. The first-order valence-corrected chi connectivity index (χ1v) is 9.11. The van der Waals surface area contributed by atoms with Crippen LogP contribution in [0.1, 0.15) is 17.2 Å². The molecule has 0 spiro atoms. The van der Waals surface area contributed by atoms with Crippen LogP contribution in [0.3, 0.4) is 0 Å². The fourth-order valence-electron chi connectivity index (χ4n) is 3.31. The van der Waals surface area contributed by atoms with E-state index in [1.807, 2.05) is 0 Å². The second-order valence-corrected chi connectivity index (χ2v) is 6.82. The van der Waals surface area contributed by atoms with E-state index < -0.39 is 41.4 Å². The van der Waals surface area contributed by atoms with E-state index in [1.165, 1.54) is 7.11 Å². The monoisotopic (exact) mass is 455 g/mol. The Balaban J connectivity index is 1.56. The number of amides is 1. The van der Waals surface area contributed by atoms with E-state index in [2.05, 4.69) is 25.8 Å². The Bertz CT molecular complexity index is 1130. The van der Waals surface area contributed by atoms with Crippen molar-refractivity contribution in [3.8, 4) is 17.2 Å². The number of hydrogen-bond acceptors (Lipinski definition) is 7. The van der Waals surface area contributed by atoms with E-state index in [0.717, 1.165) is 30.5 Å². The topological polar surface area (TPSA) is 102 Å². The molecule has 1 fully saturated rings. The van der Waals surface area contributed by atoms with Gasteiger partial charge < -0.3 is 19.8 Å². The van der Waals surface area contributed by atoms with Crippen LogP contribution >= 0.6 is 0 Å². The average molecular weight is 455 g/mol. The molecule has 1 aromatic carbocycles. The van der Waals surface area contributed by atoms with Crippen molar-refractivity contribution in [2.24, 2.45) is 0 Å². The smallest absolute Gasteiger partial charge is 0.433 e. The highest BCUT2D eigenvalue weighted by atomic mass is 19.4. The number of ether oxygens (including phenoxy) is 1. The van der Waals surface area contributed by atoms with Crippen LogP contribution in [0.4, 0.5) is 28.0 Å². The minimum absolute atomic E-state index is 0.0164. The van der Waals surface area contributed by atoms with Crippen molar-refractivity contribution in [3.63, 3.8) is 0 Å². The van der Waals surface area contributed by atoms with Gasteiger partial charge in [0.2, 0.25) is 5.91 Å². The fraction of sp³-hybridized carbons (Fsp3) is 0.263. The SMILES string of the molecule is COc1cc(F)c(C2CNC(=O)C2Nc2nnc(-c3ccc(C(F)(F)F)nc3)o2)c(F)c1. The van der Waals surface area contributed by atoms with Crippen molar-refractivity contribution < 1.29 is 35.9 Å². The third-order valence-electron chi connectivity index (χ3n) is 4.84. The summed E-state index contributed by atoms with van der Waals surface area (Å²) in [7, 11) is 1.26. The van der Waals surface area contributed by atoms with Gasteiger partial charge in [0.15, 0.2) is 0 Å². The van der Waals surface area contributed by atoms with Crippen molar-refractivity contribution in [1.29, 1.82) is 0 Å². The molecule has 2 N–H and O–H groups in total. The highest BCUT2D eigenvalue weighted by Crippen LogP contribution is 2.33. The average Bonchev–Trinajstić information content (AvgIpc) is 3.35. The minimum atomic E-state index is -4.60. The molecular formula is C19H14F5N5O3. The number of anilines is 1. The van der Waals surface area contributed by atoms with Crippen LogP contribution in [0, 0.1) is 11.6 Å². The Labute approximate surface area is 176 Å². The van der Waals surface area contributed by atoms with Crippen molar-refractivity contribution in [2.75, 3.05) is 19.0 Å². The molecule has 2 unspecified atom stereocenters. The molecule has 13 heteroatoms. The predicted molar refractivity (Wildman–Crippen MR) is 98.6 cm³/mol. The number of nitrogens with zero attached hydrogens (tertiary/aromatic N) is 3. The molecule has 0 aliphatic carbocycles. The molecule has 3 heterocycles. The van der Waals surface area contributed by atoms with Crippen LogP contribution in [0.25, 0.3) is 11.5 Å². The van der Waals surface area contributed by atoms with Gasteiger partial charge in [-0.3, -0.25) is 9.78 Å². The maximum Gasteiger partial charge on any atom is 0.433 e. The molecule has 2 atom stereocenters. The molecule has 8 nitrogen and oxygen atoms in total. The van der Waals surface area contributed by atoms with E-state index >= 15 is 0 Å². The summed E-state index contributed by atoms with van der Waals surface area (Å²) in [5.74, 6) is -3.46. The summed E-state index contributed by atoms with van der Waals surface area (Å²) in [5, 5.41) is 12.5. The molecular weight excluding hydrogens is 441 g/mol. The first-order valence-electron chi connectivity index (χ1n) is 9.11. The summed E-state index contributed by atoms with van der Waals surface area (Å²) in [6.45, 7) is -0.0551. The van der Waals surface area contributed by atoms with Gasteiger partial charge in [0.1, 0.15) is 29.1 Å². The van der Waals surface area contributed by atoms with E-state index in [4.69, 9.17) is 9.15 Å². The van der Waals surface area contributed by atoms with Crippen molar-refractivity contribution >= 4 is 11.9 Å². The molecule has 1 amide bonds. The molecule has 32 heavy (non-hydrogen) atoms. The van der Waals surface area contributed by atoms with E-state index in [0.29, 0.717) is 0 Å². The molecule has 4 rings (SSSR count). The molecule has 1 aliphatic rings. The van der Waals surface area contributed by atoms with Crippen LogP contribution in [0.5, 0.6) is 5.75 Å². The van der Waals surface area contributed by atoms with Crippen LogP contribution in [0.15, 0.2) is 34.9 Å². The zero-order valence-corrected chi connectivity index (χ0v) is 16.2. The van der Waals surface area contributed by atoms with E-state index in [9.17, 15) is 26.7 Å². The normalized spacial score (nSPS) is 18.5. The number of alkyl halides is 3. The zero-order chi connectivity index (χ0) is 23.0. The summed E-state index contributed by atoms with van der Waals surface area (Å²) >= 11 is 0. The highest BCUT2D eigenvalue weighted by Gasteiger charge is 2.40. The van der Waals surface area contributed by atoms with Crippen molar-refractivity contribution in [3.05, 3.63) is 53.4 Å². The lowest BCUT2D eigenvalue weighted by Crippen LogP contribution is -2.33. The van der Waals surface area contributed by atoms with Crippen molar-refractivity contribution in [2.45, 2.75) is 18.1 Å². The van der Waals surface area contributed by atoms with Crippen LogP contribution < -0.4 is 15.4 Å². The number of carbonyl (C=O) groups is 1. The molecule has 0 saturated carbocycles. The van der Waals surface area contributed by atoms with E-state index in [-0.39, 0.29) is 35.3 Å². The van der Waals surface area contributed by atoms with Gasteiger partial charge in [-0.25, -0.2) is 8.78 Å². The quantitative estimate of drug-likeness (QED) is 0.570. The number of pyridine rings is 1. The molecule has 0 bridgehead atoms. The van der Waals surface area contributed by atoms with Gasteiger partial charge in [-0.15, -0.1) is 5.10 Å². The summed E-state index contributed by atoms with van der Waals surface area (Å²) in [6, 6.07) is 2.44. The molecule has 1 aliphatic heterocycles. The first kappa shape index (κ1) is 21.5. The second-order valence-electron chi connectivity index (χ2n) is 6.82. The number of nitrogens with one attached hydrogen (secondary N) is 2. The number of benzene rings is 1. The summed E-state index contributed by atoms with van der Waals surface area (Å²) in [6.07, 6.45) is -3.69. The first-order chi connectivity index (χ1) is 15.2. The van der Waals surface area contributed by atoms with Crippen LogP contribution in [-0.2, 0) is 11.0 Å². The van der Waals surface area contributed by atoms with Gasteiger partial charge in [-0.1, -0.05) is 5.10 Å². The van der Waals surface area contributed by atoms with Gasteiger partial charge in [0, 0.05) is 36.4 Å². The number of hydrogen-bond donors (Lipinski definition) is 2. The zero-order valence-electron chi connectivity index (χ0n) is 16.2. The lowest BCUT2D eigenvalue weighted by molar-refractivity contribution is -0.141. The third kappa shape index (κ3) is 4.05. The summed E-state index contributed by atoms with van der Waals surface area (Å²) in [4.78, 5) is 15.6. The second kappa shape index (κ2) is 8.05. The number of carbonyl (C=O) groups excluding carboxylic acids is 1. The Hall–Kier alpha value is -3.77. The largest absolute Gasteiger partial charge is 0.497 e. The standard InChI is InChI=1S/C19H14F5N5O3/c1-31-9-4-11(20)14(12(21)5-9)10-7-26-16(30)15(10)27-18-29-28-17(32-18)8-2-3-13(25-6-8)19(22,23)24/h2-6,10,15H,7H2,1H3,(H,26,30)(H,27,29). The lowest BCUT2D eigenvalue weighted by atomic mass is 9.93. The highest BCUT2D eigenvalue weighted by molar-refractivity contribution is 5.88. The summed E-state index contributed by atoms with van der Waals surface area (Å²) < 4.78 is 77.1.